The summed E-state index contributed by atoms with van der Waals surface area (Å²) in [6.07, 6.45) is 0. The number of nitrogens with zero attached hydrogens (tertiary/aromatic N) is 3. The smallest absolute Gasteiger partial charge is 0.301 e. The molecule has 0 fully saturated rings. The Balaban J connectivity index is 2.22. The zero-order valence-electron chi connectivity index (χ0n) is 11.8. The molecular formula is C12H16N3O4PS. The third-order valence-electron chi connectivity index (χ3n) is 2.54. The minimum absolute atomic E-state index is 0.0495. The fourth-order valence-electron chi connectivity index (χ4n) is 1.66. The van der Waals surface area contributed by atoms with Crippen molar-refractivity contribution in [1.29, 1.82) is 0 Å². The fourth-order valence-corrected chi connectivity index (χ4v) is 4.77. The van der Waals surface area contributed by atoms with Crippen molar-refractivity contribution in [2.75, 3.05) is 13.2 Å². The van der Waals surface area contributed by atoms with Gasteiger partial charge in [-0.2, -0.15) is 4.68 Å². The average Bonchev–Trinajstić information content (AvgIpc) is 2.47. The number of aromatic nitrogens is 3. The first kappa shape index (κ1) is 16.2. The van der Waals surface area contributed by atoms with Gasteiger partial charge in [0.2, 0.25) is 0 Å². The number of hydrogen-bond acceptors (Lipinski definition) is 7. The summed E-state index contributed by atoms with van der Waals surface area (Å²) >= 11 is 0.920. The average molecular weight is 329 g/mol. The van der Waals surface area contributed by atoms with Crippen LogP contribution in [0.15, 0.2) is 29.1 Å². The zero-order valence-corrected chi connectivity index (χ0v) is 13.5. The lowest BCUT2D eigenvalue weighted by atomic mass is 10.2. The SMILES string of the molecule is CCOP(=O)(OCC)SCn1nnc2ccccc2c1=O. The number of benzene rings is 1. The van der Waals surface area contributed by atoms with E-state index in [2.05, 4.69) is 10.3 Å². The molecule has 0 N–H and O–H groups in total. The Morgan fingerprint density at radius 1 is 1.24 bits per heavy atom. The van der Waals surface area contributed by atoms with E-state index >= 15 is 0 Å². The maximum Gasteiger partial charge on any atom is 0.390 e. The van der Waals surface area contributed by atoms with E-state index in [1.54, 1.807) is 38.1 Å². The molecule has 9 heteroatoms. The van der Waals surface area contributed by atoms with Gasteiger partial charge in [0, 0.05) is 0 Å². The third-order valence-corrected chi connectivity index (χ3v) is 6.29. The lowest BCUT2D eigenvalue weighted by Crippen LogP contribution is -2.23. The summed E-state index contributed by atoms with van der Waals surface area (Å²) < 4.78 is 23.8. The summed E-state index contributed by atoms with van der Waals surface area (Å²) in [5.41, 5.74) is 0.245. The number of rotatable bonds is 7. The van der Waals surface area contributed by atoms with Crippen LogP contribution < -0.4 is 5.56 Å². The van der Waals surface area contributed by atoms with E-state index < -0.39 is 6.80 Å². The van der Waals surface area contributed by atoms with E-state index in [0.29, 0.717) is 10.9 Å². The van der Waals surface area contributed by atoms with Crippen molar-refractivity contribution in [1.82, 2.24) is 15.0 Å². The van der Waals surface area contributed by atoms with E-state index in [9.17, 15) is 9.36 Å². The van der Waals surface area contributed by atoms with Crippen LogP contribution in [0, 0.1) is 0 Å². The van der Waals surface area contributed by atoms with Gasteiger partial charge >= 0.3 is 6.80 Å². The van der Waals surface area contributed by atoms with E-state index in [1.165, 1.54) is 0 Å². The molecule has 0 atom stereocenters. The van der Waals surface area contributed by atoms with E-state index in [4.69, 9.17) is 9.05 Å². The molecule has 1 aromatic carbocycles. The Kier molecular flexibility index (Phi) is 5.52. The fraction of sp³-hybridized carbons (Fsp3) is 0.417. The molecule has 0 spiro atoms. The topological polar surface area (TPSA) is 83.3 Å². The van der Waals surface area contributed by atoms with Gasteiger partial charge in [0.25, 0.3) is 5.56 Å². The Morgan fingerprint density at radius 2 is 1.90 bits per heavy atom. The second kappa shape index (κ2) is 7.17. The van der Waals surface area contributed by atoms with Crippen LogP contribution in [0.1, 0.15) is 13.8 Å². The van der Waals surface area contributed by atoms with Gasteiger partial charge in [0.05, 0.1) is 18.6 Å². The van der Waals surface area contributed by atoms with Crippen LogP contribution in [0.4, 0.5) is 0 Å². The molecule has 0 bridgehead atoms. The molecule has 1 heterocycles. The number of fused-ring (bicyclic) bond motifs is 1. The number of hydrogen-bond donors (Lipinski definition) is 0. The highest BCUT2D eigenvalue weighted by Gasteiger charge is 2.25. The quantitative estimate of drug-likeness (QED) is 0.722. The van der Waals surface area contributed by atoms with Crippen molar-refractivity contribution in [3.63, 3.8) is 0 Å². The van der Waals surface area contributed by atoms with Gasteiger partial charge in [-0.1, -0.05) is 17.3 Å². The summed E-state index contributed by atoms with van der Waals surface area (Å²) in [4.78, 5) is 12.2. The van der Waals surface area contributed by atoms with Crippen LogP contribution in [-0.2, 0) is 19.5 Å². The minimum Gasteiger partial charge on any atom is -0.301 e. The van der Waals surface area contributed by atoms with Gasteiger partial charge in [0.1, 0.15) is 11.4 Å². The highest BCUT2D eigenvalue weighted by atomic mass is 32.7. The second-order valence-electron chi connectivity index (χ2n) is 3.95. The molecule has 114 valence electrons. The molecule has 0 unspecified atom stereocenters. The lowest BCUT2D eigenvalue weighted by molar-refractivity contribution is 0.236. The third kappa shape index (κ3) is 3.91. The van der Waals surface area contributed by atoms with Crippen molar-refractivity contribution in [3.8, 4) is 0 Å². The molecule has 2 aromatic rings. The predicted molar refractivity (Wildman–Crippen MR) is 82.2 cm³/mol. The van der Waals surface area contributed by atoms with Crippen molar-refractivity contribution < 1.29 is 13.6 Å². The molecule has 0 amide bonds. The first-order chi connectivity index (χ1) is 10.1. The van der Waals surface area contributed by atoms with Gasteiger partial charge in [-0.05, 0) is 37.4 Å². The maximum absolute atomic E-state index is 12.3. The Morgan fingerprint density at radius 3 is 2.57 bits per heavy atom. The molecule has 0 aliphatic carbocycles. The van der Waals surface area contributed by atoms with Crippen LogP contribution >= 0.6 is 18.2 Å². The molecule has 2 rings (SSSR count). The van der Waals surface area contributed by atoms with Crippen LogP contribution in [0.25, 0.3) is 10.9 Å². The van der Waals surface area contributed by atoms with Crippen LogP contribution in [0.3, 0.4) is 0 Å². The van der Waals surface area contributed by atoms with Gasteiger partial charge in [-0.15, -0.1) is 5.10 Å². The minimum atomic E-state index is -3.28. The van der Waals surface area contributed by atoms with Gasteiger partial charge in [-0.3, -0.25) is 4.79 Å². The van der Waals surface area contributed by atoms with Crippen molar-refractivity contribution in [2.45, 2.75) is 19.7 Å². The summed E-state index contributed by atoms with van der Waals surface area (Å²) in [5.74, 6) is 0.0495. The van der Waals surface area contributed by atoms with Gasteiger partial charge in [-0.25, -0.2) is 4.57 Å². The van der Waals surface area contributed by atoms with Crippen LogP contribution in [0.2, 0.25) is 0 Å². The normalized spacial score (nSPS) is 11.9. The van der Waals surface area contributed by atoms with Gasteiger partial charge in [0.15, 0.2) is 0 Å². The highest BCUT2D eigenvalue weighted by Crippen LogP contribution is 2.60. The van der Waals surface area contributed by atoms with Gasteiger partial charge < -0.3 is 9.05 Å². The van der Waals surface area contributed by atoms with Crippen LogP contribution in [0.5, 0.6) is 0 Å². The molecule has 0 aliphatic rings. The molecule has 0 radical (unpaired) electrons. The first-order valence-corrected chi connectivity index (χ1v) is 9.59. The predicted octanol–water partition coefficient (Wildman–Crippen LogP) is 2.66. The molecule has 0 aliphatic heterocycles. The van der Waals surface area contributed by atoms with E-state index in [-0.39, 0.29) is 24.6 Å². The molecule has 0 saturated heterocycles. The second-order valence-corrected chi connectivity index (χ2v) is 8.00. The molecule has 1 aromatic heterocycles. The monoisotopic (exact) mass is 329 g/mol. The standard InChI is InChI=1S/C12H16N3O4PS/c1-3-18-20(17,19-4-2)21-9-15-12(16)10-7-5-6-8-11(10)13-14-15/h5-8H,3-4,9H2,1-2H3. The van der Waals surface area contributed by atoms with Crippen LogP contribution in [-0.4, -0.2) is 28.2 Å². The first-order valence-electron chi connectivity index (χ1n) is 6.46. The molecule has 0 saturated carbocycles. The van der Waals surface area contributed by atoms with E-state index in [1.807, 2.05) is 0 Å². The Bertz CT molecular complexity index is 711. The summed E-state index contributed by atoms with van der Waals surface area (Å²) in [6.45, 7) is 0.718. The van der Waals surface area contributed by atoms with Crippen molar-refractivity contribution in [3.05, 3.63) is 34.6 Å². The zero-order chi connectivity index (χ0) is 15.3. The highest BCUT2D eigenvalue weighted by molar-refractivity contribution is 8.54. The molecule has 21 heavy (non-hydrogen) atoms. The lowest BCUT2D eigenvalue weighted by Gasteiger charge is -2.15. The Hall–Kier alpha value is -1.21. The summed E-state index contributed by atoms with van der Waals surface area (Å²) in [7, 11) is 0. The summed E-state index contributed by atoms with van der Waals surface area (Å²) in [5, 5.41) is 8.26. The Labute approximate surface area is 125 Å². The maximum atomic E-state index is 12.3. The summed E-state index contributed by atoms with van der Waals surface area (Å²) in [6, 6.07) is 6.94. The molecular weight excluding hydrogens is 313 g/mol. The van der Waals surface area contributed by atoms with Crippen molar-refractivity contribution >= 4 is 29.1 Å². The largest absolute Gasteiger partial charge is 0.390 e. The van der Waals surface area contributed by atoms with Crippen molar-refractivity contribution in [2.24, 2.45) is 0 Å². The molecule has 7 nitrogen and oxygen atoms in total. The van der Waals surface area contributed by atoms with E-state index in [0.717, 1.165) is 16.1 Å².